The fourth-order valence-corrected chi connectivity index (χ4v) is 3.19. The second-order valence-corrected chi connectivity index (χ2v) is 7.19. The van der Waals surface area contributed by atoms with Crippen molar-refractivity contribution in [2.75, 3.05) is 36.9 Å². The standard InChI is InChI=1S/C23H27N3O4/c1-2-15-30-23(29)18-7-11-20(12-8-18)25-21(27)16-24-19-9-5-17(6-10-19)22(28)26-13-3-4-14-26/h5-12,24H,2-4,13-16H2,1H3,(H,25,27). The molecular formula is C23H27N3O4. The van der Waals surface area contributed by atoms with Crippen LogP contribution in [0, 0.1) is 0 Å². The van der Waals surface area contributed by atoms with E-state index in [4.69, 9.17) is 4.74 Å². The van der Waals surface area contributed by atoms with Crippen molar-refractivity contribution in [2.45, 2.75) is 26.2 Å². The number of esters is 1. The third kappa shape index (κ3) is 5.83. The molecule has 0 bridgehead atoms. The van der Waals surface area contributed by atoms with Gasteiger partial charge in [-0.25, -0.2) is 4.79 Å². The Morgan fingerprint density at radius 2 is 1.50 bits per heavy atom. The van der Waals surface area contributed by atoms with Gasteiger partial charge in [-0.1, -0.05) is 6.92 Å². The summed E-state index contributed by atoms with van der Waals surface area (Å²) in [6, 6.07) is 13.7. The van der Waals surface area contributed by atoms with Gasteiger partial charge in [0.05, 0.1) is 18.7 Å². The van der Waals surface area contributed by atoms with Gasteiger partial charge in [0, 0.05) is 30.0 Å². The number of anilines is 2. The smallest absolute Gasteiger partial charge is 0.338 e. The summed E-state index contributed by atoms with van der Waals surface area (Å²) >= 11 is 0. The largest absolute Gasteiger partial charge is 0.462 e. The molecule has 1 saturated heterocycles. The van der Waals surface area contributed by atoms with Crippen LogP contribution in [0.15, 0.2) is 48.5 Å². The SMILES string of the molecule is CCCOC(=O)c1ccc(NC(=O)CNc2ccc(C(=O)N3CCCC3)cc2)cc1. The Kier molecular flexibility index (Phi) is 7.43. The van der Waals surface area contributed by atoms with Crippen LogP contribution in [0.5, 0.6) is 0 Å². The van der Waals surface area contributed by atoms with Crippen molar-refractivity contribution in [3.8, 4) is 0 Å². The van der Waals surface area contributed by atoms with Crippen LogP contribution in [0.1, 0.15) is 46.9 Å². The molecule has 0 radical (unpaired) electrons. The van der Waals surface area contributed by atoms with Crippen molar-refractivity contribution < 1.29 is 19.1 Å². The summed E-state index contributed by atoms with van der Waals surface area (Å²) in [4.78, 5) is 38.2. The first-order valence-corrected chi connectivity index (χ1v) is 10.3. The lowest BCUT2D eigenvalue weighted by atomic mass is 10.2. The predicted molar refractivity (Wildman–Crippen MR) is 116 cm³/mol. The lowest BCUT2D eigenvalue weighted by Gasteiger charge is -2.15. The Hall–Kier alpha value is -3.35. The van der Waals surface area contributed by atoms with Crippen LogP contribution in [0.3, 0.4) is 0 Å². The van der Waals surface area contributed by atoms with Crippen molar-refractivity contribution in [3.05, 3.63) is 59.7 Å². The molecule has 2 aromatic rings. The molecule has 158 valence electrons. The maximum absolute atomic E-state index is 12.4. The fourth-order valence-electron chi connectivity index (χ4n) is 3.19. The number of carbonyl (C=O) groups is 3. The number of ether oxygens (including phenoxy) is 1. The molecule has 2 aromatic carbocycles. The van der Waals surface area contributed by atoms with Gasteiger partial charge >= 0.3 is 5.97 Å². The number of hydrogen-bond donors (Lipinski definition) is 2. The Labute approximate surface area is 176 Å². The maximum Gasteiger partial charge on any atom is 0.338 e. The van der Waals surface area contributed by atoms with Crippen molar-refractivity contribution >= 4 is 29.2 Å². The first-order chi connectivity index (χ1) is 14.6. The second-order valence-electron chi connectivity index (χ2n) is 7.19. The van der Waals surface area contributed by atoms with Gasteiger partial charge in [0.1, 0.15) is 0 Å². The highest BCUT2D eigenvalue weighted by Gasteiger charge is 2.19. The van der Waals surface area contributed by atoms with E-state index < -0.39 is 0 Å². The highest BCUT2D eigenvalue weighted by atomic mass is 16.5. The summed E-state index contributed by atoms with van der Waals surface area (Å²) in [6.07, 6.45) is 2.89. The minimum atomic E-state index is -0.372. The Bertz CT molecular complexity index is 872. The van der Waals surface area contributed by atoms with E-state index in [-0.39, 0.29) is 24.3 Å². The van der Waals surface area contributed by atoms with Crippen LogP contribution in [0.4, 0.5) is 11.4 Å². The van der Waals surface area contributed by atoms with Gasteiger partial charge in [-0.3, -0.25) is 9.59 Å². The van der Waals surface area contributed by atoms with Gasteiger partial charge in [-0.2, -0.15) is 0 Å². The summed E-state index contributed by atoms with van der Waals surface area (Å²) in [7, 11) is 0. The number of amides is 2. The van der Waals surface area contributed by atoms with Gasteiger partial charge in [0.2, 0.25) is 5.91 Å². The van der Waals surface area contributed by atoms with Gasteiger partial charge in [-0.15, -0.1) is 0 Å². The molecule has 0 unspecified atom stereocenters. The van der Waals surface area contributed by atoms with Gasteiger partial charge in [0.15, 0.2) is 0 Å². The molecule has 0 aromatic heterocycles. The van der Waals surface area contributed by atoms with Gasteiger partial charge in [0.25, 0.3) is 5.91 Å². The summed E-state index contributed by atoms with van der Waals surface area (Å²) in [5, 5.41) is 5.82. The predicted octanol–water partition coefficient (Wildman–Crippen LogP) is 3.54. The molecule has 0 spiro atoms. The molecule has 0 aliphatic carbocycles. The molecular weight excluding hydrogens is 382 g/mol. The maximum atomic E-state index is 12.4. The molecule has 2 amide bonds. The van der Waals surface area contributed by atoms with E-state index in [2.05, 4.69) is 10.6 Å². The number of likely N-dealkylation sites (tertiary alicyclic amines) is 1. The van der Waals surface area contributed by atoms with Crippen LogP contribution in [-0.4, -0.2) is 48.9 Å². The quantitative estimate of drug-likeness (QED) is 0.651. The molecule has 30 heavy (non-hydrogen) atoms. The lowest BCUT2D eigenvalue weighted by molar-refractivity contribution is -0.114. The minimum absolute atomic E-state index is 0.0545. The van der Waals surface area contributed by atoms with Crippen LogP contribution in [0.2, 0.25) is 0 Å². The number of carbonyl (C=O) groups excluding carboxylic acids is 3. The minimum Gasteiger partial charge on any atom is -0.462 e. The third-order valence-corrected chi connectivity index (χ3v) is 4.82. The average molecular weight is 409 g/mol. The number of nitrogens with zero attached hydrogens (tertiary/aromatic N) is 1. The molecule has 1 aliphatic rings. The van der Waals surface area contributed by atoms with Crippen molar-refractivity contribution in [1.82, 2.24) is 4.90 Å². The highest BCUT2D eigenvalue weighted by molar-refractivity contribution is 5.96. The number of hydrogen-bond acceptors (Lipinski definition) is 5. The molecule has 3 rings (SSSR count). The van der Waals surface area contributed by atoms with E-state index in [1.54, 1.807) is 48.5 Å². The van der Waals surface area contributed by atoms with Crippen LogP contribution in [0.25, 0.3) is 0 Å². The lowest BCUT2D eigenvalue weighted by Crippen LogP contribution is -2.27. The summed E-state index contributed by atoms with van der Waals surface area (Å²) in [5.41, 5.74) is 2.46. The summed E-state index contributed by atoms with van der Waals surface area (Å²) in [6.45, 7) is 4.04. The Morgan fingerprint density at radius 3 is 2.13 bits per heavy atom. The van der Waals surface area contributed by atoms with E-state index in [1.165, 1.54) is 0 Å². The van der Waals surface area contributed by atoms with E-state index >= 15 is 0 Å². The van der Waals surface area contributed by atoms with Crippen molar-refractivity contribution in [2.24, 2.45) is 0 Å². The van der Waals surface area contributed by atoms with E-state index in [0.717, 1.165) is 38.0 Å². The molecule has 1 aliphatic heterocycles. The van der Waals surface area contributed by atoms with Gasteiger partial charge < -0.3 is 20.3 Å². The first-order valence-electron chi connectivity index (χ1n) is 10.3. The van der Waals surface area contributed by atoms with Crippen molar-refractivity contribution in [1.29, 1.82) is 0 Å². The normalized spacial score (nSPS) is 13.0. The average Bonchev–Trinajstić information content (AvgIpc) is 3.31. The zero-order chi connectivity index (χ0) is 21.3. The Balaban J connectivity index is 1.46. The van der Waals surface area contributed by atoms with Crippen LogP contribution in [-0.2, 0) is 9.53 Å². The number of benzene rings is 2. The number of rotatable bonds is 8. The second kappa shape index (κ2) is 10.4. The van der Waals surface area contributed by atoms with Crippen LogP contribution < -0.4 is 10.6 Å². The fraction of sp³-hybridized carbons (Fsp3) is 0.348. The molecule has 0 saturated carbocycles. The zero-order valence-electron chi connectivity index (χ0n) is 17.1. The highest BCUT2D eigenvalue weighted by Crippen LogP contribution is 2.16. The Morgan fingerprint density at radius 1 is 0.900 bits per heavy atom. The summed E-state index contributed by atoms with van der Waals surface area (Å²) in [5.74, 6) is -0.532. The summed E-state index contributed by atoms with van der Waals surface area (Å²) < 4.78 is 5.08. The molecule has 2 N–H and O–H groups in total. The molecule has 0 atom stereocenters. The molecule has 7 heteroatoms. The molecule has 1 fully saturated rings. The first kappa shape index (κ1) is 21.4. The van der Waals surface area contributed by atoms with Crippen LogP contribution >= 0.6 is 0 Å². The monoisotopic (exact) mass is 409 g/mol. The molecule has 1 heterocycles. The van der Waals surface area contributed by atoms with E-state index in [1.807, 2.05) is 11.8 Å². The molecule has 7 nitrogen and oxygen atoms in total. The third-order valence-electron chi connectivity index (χ3n) is 4.82. The van der Waals surface area contributed by atoms with E-state index in [9.17, 15) is 14.4 Å². The van der Waals surface area contributed by atoms with E-state index in [0.29, 0.717) is 23.4 Å². The zero-order valence-corrected chi connectivity index (χ0v) is 17.1. The topological polar surface area (TPSA) is 87.7 Å². The number of nitrogens with one attached hydrogen (secondary N) is 2. The van der Waals surface area contributed by atoms with Gasteiger partial charge in [-0.05, 0) is 67.8 Å². The van der Waals surface area contributed by atoms with Crippen molar-refractivity contribution in [3.63, 3.8) is 0 Å².